The predicted octanol–water partition coefficient (Wildman–Crippen LogP) is 3.16. The molecule has 2 bridgehead atoms. The molecule has 5 heteroatoms. The van der Waals surface area contributed by atoms with Crippen LogP contribution in [0.2, 0.25) is 0 Å². The van der Waals surface area contributed by atoms with Crippen LogP contribution in [0.4, 0.5) is 4.79 Å². The van der Waals surface area contributed by atoms with E-state index in [9.17, 15) is 9.59 Å². The minimum atomic E-state index is -0.472. The van der Waals surface area contributed by atoms with E-state index < -0.39 is 5.60 Å². The molecule has 0 aromatic carbocycles. The lowest BCUT2D eigenvalue weighted by Crippen LogP contribution is -2.49. The number of ketones is 1. The Hall–Kier alpha value is -1.10. The maximum Gasteiger partial charge on any atom is 0.410 e. The average molecular weight is 311 g/mol. The summed E-state index contributed by atoms with van der Waals surface area (Å²) in [5.41, 5.74) is -0.472. The number of ether oxygens (including phenoxy) is 2. The third-order valence-corrected chi connectivity index (χ3v) is 4.49. The zero-order chi connectivity index (χ0) is 16.3. The quantitative estimate of drug-likeness (QED) is 0.732. The number of carbonyl (C=O) groups excluding carboxylic acids is 2. The van der Waals surface area contributed by atoms with Crippen LogP contribution in [0.3, 0.4) is 0 Å². The van der Waals surface area contributed by atoms with Crippen LogP contribution in [0.15, 0.2) is 0 Å². The predicted molar refractivity (Wildman–Crippen MR) is 83.7 cm³/mol. The van der Waals surface area contributed by atoms with Gasteiger partial charge in [0.15, 0.2) is 0 Å². The zero-order valence-corrected chi connectivity index (χ0v) is 14.3. The molecular formula is C17H29NO4. The molecule has 2 atom stereocenters. The van der Waals surface area contributed by atoms with Gasteiger partial charge in [-0.25, -0.2) is 4.79 Å². The SMILES string of the molecule is CCOCCC(=O)C1CC2CCC(C1)N2C(=O)OC(C)(C)C. The Morgan fingerprint density at radius 3 is 2.23 bits per heavy atom. The third-order valence-electron chi connectivity index (χ3n) is 4.49. The van der Waals surface area contributed by atoms with E-state index in [1.165, 1.54) is 0 Å². The fourth-order valence-electron chi connectivity index (χ4n) is 3.57. The second-order valence-corrected chi connectivity index (χ2v) is 7.35. The van der Waals surface area contributed by atoms with Crippen LogP contribution in [0.1, 0.15) is 59.8 Å². The van der Waals surface area contributed by atoms with Crippen LogP contribution in [0, 0.1) is 5.92 Å². The number of hydrogen-bond donors (Lipinski definition) is 0. The molecule has 2 aliphatic rings. The largest absolute Gasteiger partial charge is 0.444 e. The first-order chi connectivity index (χ1) is 10.3. The third kappa shape index (κ3) is 4.22. The van der Waals surface area contributed by atoms with Crippen molar-refractivity contribution in [2.45, 2.75) is 77.5 Å². The molecule has 2 heterocycles. The Bertz CT molecular complexity index is 401. The smallest absolute Gasteiger partial charge is 0.410 e. The normalized spacial score (nSPS) is 27.8. The van der Waals surface area contributed by atoms with Crippen molar-refractivity contribution < 1.29 is 19.1 Å². The van der Waals surface area contributed by atoms with Crippen molar-refractivity contribution in [1.29, 1.82) is 0 Å². The van der Waals surface area contributed by atoms with Gasteiger partial charge in [0, 0.05) is 31.0 Å². The van der Waals surface area contributed by atoms with Gasteiger partial charge < -0.3 is 14.4 Å². The summed E-state index contributed by atoms with van der Waals surface area (Å²) in [7, 11) is 0. The zero-order valence-electron chi connectivity index (χ0n) is 14.3. The topological polar surface area (TPSA) is 55.8 Å². The molecule has 2 fully saturated rings. The summed E-state index contributed by atoms with van der Waals surface area (Å²) in [4.78, 5) is 26.5. The molecular weight excluding hydrogens is 282 g/mol. The Kier molecular flexibility index (Phi) is 5.48. The average Bonchev–Trinajstić information content (AvgIpc) is 2.68. The van der Waals surface area contributed by atoms with Crippen LogP contribution >= 0.6 is 0 Å². The molecule has 1 amide bonds. The van der Waals surface area contributed by atoms with Gasteiger partial charge in [-0.15, -0.1) is 0 Å². The molecule has 2 saturated heterocycles. The molecule has 2 aliphatic heterocycles. The first-order valence-corrected chi connectivity index (χ1v) is 8.43. The first kappa shape index (κ1) is 17.3. The summed E-state index contributed by atoms with van der Waals surface area (Å²) < 4.78 is 10.8. The molecule has 5 nitrogen and oxygen atoms in total. The van der Waals surface area contributed by atoms with Gasteiger partial charge >= 0.3 is 6.09 Å². The highest BCUT2D eigenvalue weighted by Crippen LogP contribution is 2.40. The van der Waals surface area contributed by atoms with E-state index in [1.807, 2.05) is 32.6 Å². The molecule has 2 rings (SSSR count). The summed E-state index contributed by atoms with van der Waals surface area (Å²) in [5.74, 6) is 0.367. The van der Waals surface area contributed by atoms with Gasteiger partial charge in [-0.3, -0.25) is 4.79 Å². The Balaban J connectivity index is 1.91. The number of nitrogens with zero attached hydrogens (tertiary/aromatic N) is 1. The Morgan fingerprint density at radius 1 is 1.14 bits per heavy atom. The second kappa shape index (κ2) is 6.99. The van der Waals surface area contributed by atoms with E-state index >= 15 is 0 Å². The molecule has 0 aliphatic carbocycles. The minimum Gasteiger partial charge on any atom is -0.444 e. The molecule has 0 radical (unpaired) electrons. The lowest BCUT2D eigenvalue weighted by atomic mass is 9.86. The number of rotatable bonds is 5. The van der Waals surface area contributed by atoms with Crippen molar-refractivity contribution >= 4 is 11.9 Å². The summed E-state index contributed by atoms with van der Waals surface area (Å²) in [6.07, 6.45) is 3.80. The van der Waals surface area contributed by atoms with Crippen molar-refractivity contribution in [2.75, 3.05) is 13.2 Å². The van der Waals surface area contributed by atoms with Gasteiger partial charge in [0.1, 0.15) is 11.4 Å². The summed E-state index contributed by atoms with van der Waals surface area (Å²) in [6, 6.07) is 0.323. The van der Waals surface area contributed by atoms with Crippen molar-refractivity contribution in [3.63, 3.8) is 0 Å². The van der Waals surface area contributed by atoms with E-state index in [0.717, 1.165) is 25.7 Å². The monoisotopic (exact) mass is 311 g/mol. The van der Waals surface area contributed by atoms with Gasteiger partial charge in [0.05, 0.1) is 6.61 Å². The highest BCUT2D eigenvalue weighted by molar-refractivity contribution is 5.82. The van der Waals surface area contributed by atoms with E-state index in [-0.39, 0.29) is 29.9 Å². The van der Waals surface area contributed by atoms with Gasteiger partial charge in [-0.2, -0.15) is 0 Å². The molecule has 22 heavy (non-hydrogen) atoms. The van der Waals surface area contributed by atoms with E-state index in [4.69, 9.17) is 9.47 Å². The minimum absolute atomic E-state index is 0.0802. The van der Waals surface area contributed by atoms with Crippen LogP contribution < -0.4 is 0 Å². The van der Waals surface area contributed by atoms with Gasteiger partial charge in [0.2, 0.25) is 0 Å². The highest BCUT2D eigenvalue weighted by atomic mass is 16.6. The first-order valence-electron chi connectivity index (χ1n) is 8.43. The van der Waals surface area contributed by atoms with E-state index in [0.29, 0.717) is 19.6 Å². The summed E-state index contributed by atoms with van der Waals surface area (Å²) in [6.45, 7) is 8.75. The highest BCUT2D eigenvalue weighted by Gasteiger charge is 2.46. The fourth-order valence-corrected chi connectivity index (χ4v) is 3.57. The molecule has 126 valence electrons. The van der Waals surface area contributed by atoms with Crippen LogP contribution in [-0.4, -0.2) is 47.7 Å². The molecule has 0 aromatic heterocycles. The Labute approximate surface area is 133 Å². The summed E-state index contributed by atoms with van der Waals surface area (Å²) >= 11 is 0. The molecule has 2 unspecified atom stereocenters. The second-order valence-electron chi connectivity index (χ2n) is 7.35. The maximum atomic E-state index is 12.4. The number of fused-ring (bicyclic) bond motifs is 2. The fraction of sp³-hybridized carbons (Fsp3) is 0.882. The number of amides is 1. The number of Topliss-reactive ketones (excluding diaryl/α,β-unsaturated/α-hetero) is 1. The van der Waals surface area contributed by atoms with Crippen LogP contribution in [-0.2, 0) is 14.3 Å². The molecule has 0 aromatic rings. The van der Waals surface area contributed by atoms with Gasteiger partial charge in [-0.05, 0) is 53.4 Å². The standard InChI is InChI=1S/C17H29NO4/c1-5-21-9-8-15(19)12-10-13-6-7-14(11-12)18(13)16(20)22-17(2,3)4/h12-14H,5-11H2,1-4H3. The van der Waals surface area contributed by atoms with Gasteiger partial charge in [0.25, 0.3) is 0 Å². The van der Waals surface area contributed by atoms with E-state index in [1.54, 1.807) is 0 Å². The summed E-state index contributed by atoms with van der Waals surface area (Å²) in [5, 5.41) is 0. The van der Waals surface area contributed by atoms with Crippen LogP contribution in [0.5, 0.6) is 0 Å². The van der Waals surface area contributed by atoms with Crippen LogP contribution in [0.25, 0.3) is 0 Å². The number of carbonyl (C=O) groups is 2. The molecule has 0 N–H and O–H groups in total. The Morgan fingerprint density at radius 2 is 1.73 bits per heavy atom. The van der Waals surface area contributed by atoms with Crippen molar-refractivity contribution in [2.24, 2.45) is 5.92 Å². The lowest BCUT2D eigenvalue weighted by Gasteiger charge is -2.39. The van der Waals surface area contributed by atoms with Gasteiger partial charge in [-0.1, -0.05) is 0 Å². The maximum absolute atomic E-state index is 12.4. The lowest BCUT2D eigenvalue weighted by molar-refractivity contribution is -0.126. The van der Waals surface area contributed by atoms with E-state index in [2.05, 4.69) is 0 Å². The van der Waals surface area contributed by atoms with Crippen molar-refractivity contribution in [3.05, 3.63) is 0 Å². The molecule has 0 spiro atoms. The van der Waals surface area contributed by atoms with Crippen molar-refractivity contribution in [1.82, 2.24) is 4.90 Å². The number of hydrogen-bond acceptors (Lipinski definition) is 4. The number of piperidine rings is 1. The van der Waals surface area contributed by atoms with Crippen molar-refractivity contribution in [3.8, 4) is 0 Å². The molecule has 0 saturated carbocycles.